The molecule has 0 bridgehead atoms. The SMILES string of the molecule is COc1ccc(Br)cc1C(=O)Oc1ccc(C(=O)O)cc1Br. The van der Waals surface area contributed by atoms with Crippen LogP contribution in [0.2, 0.25) is 0 Å². The minimum Gasteiger partial charge on any atom is -0.496 e. The highest BCUT2D eigenvalue weighted by Crippen LogP contribution is 2.29. The second-order valence-electron chi connectivity index (χ2n) is 4.18. The van der Waals surface area contributed by atoms with Crippen molar-refractivity contribution < 1.29 is 24.2 Å². The van der Waals surface area contributed by atoms with Crippen LogP contribution in [0.15, 0.2) is 45.3 Å². The van der Waals surface area contributed by atoms with Gasteiger partial charge in [-0.2, -0.15) is 0 Å². The lowest BCUT2D eigenvalue weighted by molar-refractivity contribution is 0.0696. The van der Waals surface area contributed by atoms with E-state index in [2.05, 4.69) is 31.9 Å². The first-order valence-electron chi connectivity index (χ1n) is 6.01. The summed E-state index contributed by atoms with van der Waals surface area (Å²) in [5.74, 6) is -1.07. The van der Waals surface area contributed by atoms with Gasteiger partial charge in [-0.3, -0.25) is 0 Å². The molecule has 0 heterocycles. The Labute approximate surface area is 143 Å². The normalized spacial score (nSPS) is 10.1. The van der Waals surface area contributed by atoms with Gasteiger partial charge in [0.05, 0.1) is 17.1 Å². The number of rotatable bonds is 4. The first kappa shape index (κ1) is 16.5. The number of benzene rings is 2. The Morgan fingerprint density at radius 3 is 2.32 bits per heavy atom. The third kappa shape index (κ3) is 3.66. The van der Waals surface area contributed by atoms with Gasteiger partial charge in [0, 0.05) is 4.47 Å². The van der Waals surface area contributed by atoms with Gasteiger partial charge >= 0.3 is 11.9 Å². The lowest BCUT2D eigenvalue weighted by Crippen LogP contribution is -2.11. The van der Waals surface area contributed by atoms with Gasteiger partial charge in [0.2, 0.25) is 0 Å². The molecule has 0 unspecified atom stereocenters. The van der Waals surface area contributed by atoms with Gasteiger partial charge in [0.1, 0.15) is 17.1 Å². The predicted molar refractivity (Wildman–Crippen MR) is 86.8 cm³/mol. The van der Waals surface area contributed by atoms with Crippen LogP contribution in [0.25, 0.3) is 0 Å². The molecule has 114 valence electrons. The zero-order chi connectivity index (χ0) is 16.3. The van der Waals surface area contributed by atoms with Gasteiger partial charge in [-0.05, 0) is 52.3 Å². The van der Waals surface area contributed by atoms with Gasteiger partial charge in [-0.15, -0.1) is 0 Å². The second-order valence-corrected chi connectivity index (χ2v) is 5.95. The highest BCUT2D eigenvalue weighted by molar-refractivity contribution is 9.10. The second kappa shape index (κ2) is 6.93. The first-order valence-corrected chi connectivity index (χ1v) is 7.59. The van der Waals surface area contributed by atoms with Crippen molar-refractivity contribution in [3.05, 3.63) is 56.5 Å². The summed E-state index contributed by atoms with van der Waals surface area (Å²) in [6.07, 6.45) is 0. The molecule has 0 aromatic heterocycles. The summed E-state index contributed by atoms with van der Waals surface area (Å²) in [7, 11) is 1.46. The maximum absolute atomic E-state index is 12.3. The number of carboxylic acids is 1. The van der Waals surface area contributed by atoms with Crippen molar-refractivity contribution in [2.24, 2.45) is 0 Å². The molecule has 0 saturated carbocycles. The largest absolute Gasteiger partial charge is 0.496 e. The standard InChI is InChI=1S/C15H10Br2O5/c1-21-12-5-3-9(16)7-10(12)15(20)22-13-4-2-8(14(18)19)6-11(13)17/h2-7H,1H3,(H,18,19). The Balaban J connectivity index is 2.29. The highest BCUT2D eigenvalue weighted by atomic mass is 79.9. The molecule has 0 aliphatic carbocycles. The fourth-order valence-electron chi connectivity index (χ4n) is 1.71. The van der Waals surface area contributed by atoms with E-state index in [1.807, 2.05) is 0 Å². The minimum atomic E-state index is -1.06. The minimum absolute atomic E-state index is 0.0895. The molecule has 7 heteroatoms. The van der Waals surface area contributed by atoms with Crippen molar-refractivity contribution >= 4 is 43.8 Å². The van der Waals surface area contributed by atoms with E-state index >= 15 is 0 Å². The number of carbonyl (C=O) groups excluding carboxylic acids is 1. The highest BCUT2D eigenvalue weighted by Gasteiger charge is 2.17. The van der Waals surface area contributed by atoms with Crippen LogP contribution in [0, 0.1) is 0 Å². The monoisotopic (exact) mass is 428 g/mol. The molecule has 0 spiro atoms. The molecule has 0 radical (unpaired) electrons. The van der Waals surface area contributed by atoms with Crippen LogP contribution in [0.3, 0.4) is 0 Å². The van der Waals surface area contributed by atoms with Crippen LogP contribution in [0.1, 0.15) is 20.7 Å². The molecule has 2 aromatic carbocycles. The van der Waals surface area contributed by atoms with E-state index in [0.29, 0.717) is 14.7 Å². The van der Waals surface area contributed by atoms with E-state index in [1.165, 1.54) is 25.3 Å². The van der Waals surface area contributed by atoms with Gasteiger partial charge < -0.3 is 14.6 Å². The number of carbonyl (C=O) groups is 2. The number of carboxylic acid groups (broad SMARTS) is 1. The zero-order valence-corrected chi connectivity index (χ0v) is 14.5. The van der Waals surface area contributed by atoms with Crippen LogP contribution >= 0.6 is 31.9 Å². The van der Waals surface area contributed by atoms with E-state index in [9.17, 15) is 9.59 Å². The van der Waals surface area contributed by atoms with Gasteiger partial charge in [-0.25, -0.2) is 9.59 Å². The zero-order valence-electron chi connectivity index (χ0n) is 11.3. The molecule has 2 rings (SSSR count). The van der Waals surface area contributed by atoms with E-state index < -0.39 is 11.9 Å². The van der Waals surface area contributed by atoms with Crippen molar-refractivity contribution in [3.8, 4) is 11.5 Å². The third-order valence-corrected chi connectivity index (χ3v) is 3.88. The lowest BCUT2D eigenvalue weighted by Gasteiger charge is -2.10. The Hall–Kier alpha value is -1.86. The van der Waals surface area contributed by atoms with Crippen LogP contribution < -0.4 is 9.47 Å². The van der Waals surface area contributed by atoms with Crippen LogP contribution in [-0.4, -0.2) is 24.2 Å². The van der Waals surface area contributed by atoms with Crippen LogP contribution in [0.5, 0.6) is 11.5 Å². The van der Waals surface area contributed by atoms with Crippen molar-refractivity contribution in [1.29, 1.82) is 0 Å². The molecule has 0 fully saturated rings. The van der Waals surface area contributed by atoms with Crippen molar-refractivity contribution in [3.63, 3.8) is 0 Å². The Morgan fingerprint density at radius 2 is 1.73 bits per heavy atom. The summed E-state index contributed by atoms with van der Waals surface area (Å²) >= 11 is 6.47. The molecule has 2 aromatic rings. The predicted octanol–water partition coefficient (Wildman–Crippen LogP) is 4.14. The molecule has 0 atom stereocenters. The number of hydrogen-bond acceptors (Lipinski definition) is 4. The Bertz CT molecular complexity index is 743. The van der Waals surface area contributed by atoms with Gasteiger partial charge in [0.25, 0.3) is 0 Å². The Morgan fingerprint density at radius 1 is 1.05 bits per heavy atom. The van der Waals surface area contributed by atoms with Crippen LogP contribution in [0.4, 0.5) is 0 Å². The topological polar surface area (TPSA) is 72.8 Å². The van der Waals surface area contributed by atoms with Crippen molar-refractivity contribution in [2.45, 2.75) is 0 Å². The molecular weight excluding hydrogens is 420 g/mol. The average molecular weight is 430 g/mol. The number of ether oxygens (including phenoxy) is 2. The molecule has 5 nitrogen and oxygen atoms in total. The number of hydrogen-bond donors (Lipinski definition) is 1. The van der Waals surface area contributed by atoms with E-state index in [4.69, 9.17) is 14.6 Å². The van der Waals surface area contributed by atoms with Crippen molar-refractivity contribution in [2.75, 3.05) is 7.11 Å². The maximum atomic E-state index is 12.3. The summed E-state index contributed by atoms with van der Waals surface area (Å²) in [5.41, 5.74) is 0.345. The molecule has 0 aliphatic rings. The van der Waals surface area contributed by atoms with E-state index in [-0.39, 0.29) is 16.9 Å². The van der Waals surface area contributed by atoms with Crippen LogP contribution in [-0.2, 0) is 0 Å². The lowest BCUT2D eigenvalue weighted by atomic mass is 10.2. The molecule has 1 N–H and O–H groups in total. The fourth-order valence-corrected chi connectivity index (χ4v) is 2.53. The van der Waals surface area contributed by atoms with Gasteiger partial charge in [0.15, 0.2) is 0 Å². The van der Waals surface area contributed by atoms with Crippen molar-refractivity contribution in [1.82, 2.24) is 0 Å². The number of aromatic carboxylic acids is 1. The summed E-state index contributed by atoms with van der Waals surface area (Å²) in [5, 5.41) is 8.91. The number of esters is 1. The molecule has 22 heavy (non-hydrogen) atoms. The van der Waals surface area contributed by atoms with E-state index in [1.54, 1.807) is 18.2 Å². The summed E-state index contributed by atoms with van der Waals surface area (Å²) < 4.78 is 11.5. The van der Waals surface area contributed by atoms with E-state index in [0.717, 1.165) is 0 Å². The number of halogens is 2. The van der Waals surface area contributed by atoms with Gasteiger partial charge in [-0.1, -0.05) is 15.9 Å². The molecular formula is C15H10Br2O5. The average Bonchev–Trinajstić information content (AvgIpc) is 2.48. The maximum Gasteiger partial charge on any atom is 0.347 e. The molecule has 0 aliphatic heterocycles. The number of methoxy groups -OCH3 is 1. The summed E-state index contributed by atoms with van der Waals surface area (Å²) in [4.78, 5) is 23.1. The molecule has 0 amide bonds. The third-order valence-electron chi connectivity index (χ3n) is 2.76. The quantitative estimate of drug-likeness (QED) is 0.584. The smallest absolute Gasteiger partial charge is 0.347 e. The molecule has 0 saturated heterocycles. The summed E-state index contributed by atoms with van der Waals surface area (Å²) in [6, 6.07) is 9.10. The first-order chi connectivity index (χ1) is 10.4. The Kier molecular flexibility index (Phi) is 5.20. The summed E-state index contributed by atoms with van der Waals surface area (Å²) in [6.45, 7) is 0. The fraction of sp³-hybridized carbons (Fsp3) is 0.0667.